The Morgan fingerprint density at radius 2 is 2.12 bits per heavy atom. The van der Waals surface area contributed by atoms with Crippen LogP contribution in [-0.4, -0.2) is 14.8 Å². The molecule has 0 aliphatic carbocycles. The highest BCUT2D eigenvalue weighted by Gasteiger charge is 2.11. The minimum absolute atomic E-state index is 0.385. The van der Waals surface area contributed by atoms with Crippen LogP contribution in [-0.2, 0) is 13.6 Å². The Morgan fingerprint density at radius 1 is 1.38 bits per heavy atom. The number of rotatable bonds is 2. The third-order valence-corrected chi connectivity index (χ3v) is 2.81. The van der Waals surface area contributed by atoms with Crippen LogP contribution in [0.4, 0.5) is 0 Å². The molecule has 2 N–H and O–H groups in total. The second-order valence-electron chi connectivity index (χ2n) is 3.66. The first-order valence-corrected chi connectivity index (χ1v) is 5.36. The molecule has 0 spiro atoms. The normalized spacial score (nSPS) is 10.8. The van der Waals surface area contributed by atoms with E-state index in [2.05, 4.69) is 10.2 Å². The Bertz CT molecular complexity index is 519. The molecular weight excluding hydrogens is 224 g/mol. The van der Waals surface area contributed by atoms with E-state index >= 15 is 0 Å². The molecule has 2 aromatic rings. The fourth-order valence-electron chi connectivity index (χ4n) is 1.65. The van der Waals surface area contributed by atoms with Crippen LogP contribution >= 0.6 is 11.6 Å². The summed E-state index contributed by atoms with van der Waals surface area (Å²) < 4.78 is 1.90. The first kappa shape index (κ1) is 11.1. The monoisotopic (exact) mass is 236 g/mol. The first-order valence-electron chi connectivity index (χ1n) is 4.98. The highest BCUT2D eigenvalue weighted by molar-refractivity contribution is 6.30. The van der Waals surface area contributed by atoms with Crippen LogP contribution in [0.1, 0.15) is 11.4 Å². The summed E-state index contributed by atoms with van der Waals surface area (Å²) in [7, 11) is 1.91. The number of benzene rings is 1. The van der Waals surface area contributed by atoms with E-state index in [4.69, 9.17) is 17.3 Å². The quantitative estimate of drug-likeness (QED) is 0.867. The van der Waals surface area contributed by atoms with Gasteiger partial charge in [0.15, 0.2) is 5.82 Å². The molecule has 1 aromatic heterocycles. The molecule has 4 nitrogen and oxygen atoms in total. The lowest BCUT2D eigenvalue weighted by Crippen LogP contribution is -2.05. The lowest BCUT2D eigenvalue weighted by Gasteiger charge is -2.06. The molecule has 0 amide bonds. The van der Waals surface area contributed by atoms with Gasteiger partial charge in [-0.2, -0.15) is 0 Å². The lowest BCUT2D eigenvalue weighted by molar-refractivity contribution is 0.796. The third kappa shape index (κ3) is 1.81. The van der Waals surface area contributed by atoms with Crippen LogP contribution < -0.4 is 5.73 Å². The first-order chi connectivity index (χ1) is 7.63. The Labute approximate surface area is 99.1 Å². The van der Waals surface area contributed by atoms with Gasteiger partial charge >= 0.3 is 0 Å². The Morgan fingerprint density at radius 3 is 2.69 bits per heavy atom. The van der Waals surface area contributed by atoms with Crippen molar-refractivity contribution in [2.45, 2.75) is 13.5 Å². The van der Waals surface area contributed by atoms with E-state index in [1.54, 1.807) is 0 Å². The summed E-state index contributed by atoms with van der Waals surface area (Å²) >= 11 is 5.91. The van der Waals surface area contributed by atoms with Crippen molar-refractivity contribution in [2.75, 3.05) is 0 Å². The molecule has 0 unspecified atom stereocenters. The van der Waals surface area contributed by atoms with Crippen molar-refractivity contribution in [3.05, 3.63) is 34.6 Å². The van der Waals surface area contributed by atoms with Gasteiger partial charge in [-0.3, -0.25) is 0 Å². The number of aromatic nitrogens is 3. The van der Waals surface area contributed by atoms with Crippen molar-refractivity contribution in [3.8, 4) is 11.4 Å². The van der Waals surface area contributed by atoms with Gasteiger partial charge in [-0.1, -0.05) is 11.6 Å². The van der Waals surface area contributed by atoms with Gasteiger partial charge in [0.05, 0.1) is 6.54 Å². The molecule has 0 fully saturated rings. The largest absolute Gasteiger partial charge is 0.324 e. The summed E-state index contributed by atoms with van der Waals surface area (Å²) in [6.45, 7) is 2.38. The van der Waals surface area contributed by atoms with E-state index in [1.807, 2.05) is 36.7 Å². The smallest absolute Gasteiger partial charge is 0.164 e. The average Bonchev–Trinajstić information content (AvgIpc) is 2.60. The van der Waals surface area contributed by atoms with Gasteiger partial charge in [0.2, 0.25) is 0 Å². The van der Waals surface area contributed by atoms with E-state index in [0.717, 1.165) is 27.8 Å². The molecule has 1 aromatic carbocycles. The van der Waals surface area contributed by atoms with Crippen LogP contribution in [0.5, 0.6) is 0 Å². The zero-order valence-electron chi connectivity index (χ0n) is 9.24. The predicted octanol–water partition coefficient (Wildman–Crippen LogP) is 1.90. The molecular formula is C11H13ClN4. The average molecular weight is 237 g/mol. The predicted molar refractivity (Wildman–Crippen MR) is 64.1 cm³/mol. The Balaban J connectivity index is 2.54. The topological polar surface area (TPSA) is 56.7 Å². The summed E-state index contributed by atoms with van der Waals surface area (Å²) in [6.07, 6.45) is 0. The fourth-order valence-corrected chi connectivity index (χ4v) is 1.88. The molecule has 84 valence electrons. The molecule has 0 aliphatic rings. The van der Waals surface area contributed by atoms with Gasteiger partial charge in [0.25, 0.3) is 0 Å². The van der Waals surface area contributed by atoms with Crippen LogP contribution in [0.15, 0.2) is 18.2 Å². The number of aryl methyl sites for hydroxylation is 1. The number of halogens is 1. The van der Waals surface area contributed by atoms with E-state index < -0.39 is 0 Å². The molecule has 0 saturated heterocycles. The Kier molecular flexibility index (Phi) is 2.94. The molecule has 0 saturated carbocycles. The van der Waals surface area contributed by atoms with E-state index in [1.165, 1.54) is 0 Å². The molecule has 5 heteroatoms. The van der Waals surface area contributed by atoms with Crippen LogP contribution in [0.2, 0.25) is 5.02 Å². The second kappa shape index (κ2) is 4.23. The van der Waals surface area contributed by atoms with Crippen molar-refractivity contribution in [3.63, 3.8) is 0 Å². The van der Waals surface area contributed by atoms with Crippen molar-refractivity contribution < 1.29 is 0 Å². The molecule has 0 aliphatic heterocycles. The van der Waals surface area contributed by atoms with Crippen molar-refractivity contribution in [1.29, 1.82) is 0 Å². The van der Waals surface area contributed by atoms with Gasteiger partial charge in [0.1, 0.15) is 5.82 Å². The zero-order chi connectivity index (χ0) is 11.7. The van der Waals surface area contributed by atoms with Crippen LogP contribution in [0.25, 0.3) is 11.4 Å². The molecule has 2 rings (SSSR count). The SMILES string of the molecule is Cc1cc(Cl)ccc1-c1nnc(CN)n1C. The number of hydrogen-bond acceptors (Lipinski definition) is 3. The zero-order valence-corrected chi connectivity index (χ0v) is 9.99. The molecule has 0 bridgehead atoms. The minimum Gasteiger partial charge on any atom is -0.324 e. The standard InChI is InChI=1S/C11H13ClN4/c1-7-5-8(12)3-4-9(7)11-15-14-10(6-13)16(11)2/h3-5H,6,13H2,1-2H3. The maximum absolute atomic E-state index is 5.91. The number of nitrogens with two attached hydrogens (primary N) is 1. The summed E-state index contributed by atoms with van der Waals surface area (Å²) in [5, 5.41) is 8.89. The van der Waals surface area contributed by atoms with Crippen molar-refractivity contribution >= 4 is 11.6 Å². The van der Waals surface area contributed by atoms with Crippen LogP contribution in [0, 0.1) is 6.92 Å². The van der Waals surface area contributed by atoms with E-state index in [9.17, 15) is 0 Å². The third-order valence-electron chi connectivity index (χ3n) is 2.58. The van der Waals surface area contributed by atoms with E-state index in [-0.39, 0.29) is 0 Å². The minimum atomic E-state index is 0.385. The van der Waals surface area contributed by atoms with Gasteiger partial charge in [-0.25, -0.2) is 0 Å². The number of nitrogens with zero attached hydrogens (tertiary/aromatic N) is 3. The second-order valence-corrected chi connectivity index (χ2v) is 4.10. The van der Waals surface area contributed by atoms with Crippen LogP contribution in [0.3, 0.4) is 0 Å². The van der Waals surface area contributed by atoms with Gasteiger partial charge in [0, 0.05) is 17.6 Å². The molecule has 0 radical (unpaired) electrons. The number of hydrogen-bond donors (Lipinski definition) is 1. The molecule has 0 atom stereocenters. The maximum Gasteiger partial charge on any atom is 0.164 e. The van der Waals surface area contributed by atoms with Crippen molar-refractivity contribution in [1.82, 2.24) is 14.8 Å². The summed E-state index contributed by atoms with van der Waals surface area (Å²) in [4.78, 5) is 0. The molecule has 1 heterocycles. The van der Waals surface area contributed by atoms with Crippen molar-refractivity contribution in [2.24, 2.45) is 12.8 Å². The molecule has 16 heavy (non-hydrogen) atoms. The van der Waals surface area contributed by atoms with E-state index in [0.29, 0.717) is 6.54 Å². The summed E-state index contributed by atoms with van der Waals surface area (Å²) in [5.41, 5.74) is 7.66. The maximum atomic E-state index is 5.91. The van der Waals surface area contributed by atoms with Gasteiger partial charge in [-0.05, 0) is 30.7 Å². The highest BCUT2D eigenvalue weighted by atomic mass is 35.5. The fraction of sp³-hybridized carbons (Fsp3) is 0.273. The van der Waals surface area contributed by atoms with Gasteiger partial charge < -0.3 is 10.3 Å². The summed E-state index contributed by atoms with van der Waals surface area (Å²) in [6, 6.07) is 5.70. The summed E-state index contributed by atoms with van der Waals surface area (Å²) in [5.74, 6) is 1.58. The van der Waals surface area contributed by atoms with Gasteiger partial charge in [-0.15, -0.1) is 10.2 Å². The lowest BCUT2D eigenvalue weighted by atomic mass is 10.1. The Hall–Kier alpha value is -1.39. The highest BCUT2D eigenvalue weighted by Crippen LogP contribution is 2.24.